The van der Waals surface area contributed by atoms with Gasteiger partial charge in [-0.05, 0) is 46.2 Å². The molecule has 0 aromatic heterocycles. The molecular formula is C14H30N2O2. The minimum atomic E-state index is -0.417. The quantitative estimate of drug-likeness (QED) is 0.714. The van der Waals surface area contributed by atoms with Crippen LogP contribution in [0.25, 0.3) is 0 Å². The summed E-state index contributed by atoms with van der Waals surface area (Å²) < 4.78 is 5.28. The molecule has 4 nitrogen and oxygen atoms in total. The summed E-state index contributed by atoms with van der Waals surface area (Å²) in [6.45, 7) is 12.8. The van der Waals surface area contributed by atoms with Crippen LogP contribution >= 0.6 is 0 Å². The summed E-state index contributed by atoms with van der Waals surface area (Å²) in [7, 11) is 1.78. The van der Waals surface area contributed by atoms with Crippen molar-refractivity contribution in [2.24, 2.45) is 5.92 Å². The van der Waals surface area contributed by atoms with Crippen LogP contribution < -0.4 is 5.32 Å². The van der Waals surface area contributed by atoms with Crippen LogP contribution in [0.5, 0.6) is 0 Å². The molecule has 0 saturated carbocycles. The molecule has 1 unspecified atom stereocenters. The molecule has 0 aliphatic heterocycles. The maximum Gasteiger partial charge on any atom is 0.410 e. The molecule has 0 rings (SSSR count). The molecule has 0 heterocycles. The van der Waals surface area contributed by atoms with Gasteiger partial charge in [-0.25, -0.2) is 4.79 Å². The van der Waals surface area contributed by atoms with Crippen molar-refractivity contribution in [3.05, 3.63) is 0 Å². The van der Waals surface area contributed by atoms with Crippen molar-refractivity contribution in [1.82, 2.24) is 10.2 Å². The highest BCUT2D eigenvalue weighted by atomic mass is 16.6. The van der Waals surface area contributed by atoms with Gasteiger partial charge in [-0.3, -0.25) is 0 Å². The Labute approximate surface area is 112 Å². The van der Waals surface area contributed by atoms with Gasteiger partial charge in [-0.15, -0.1) is 0 Å². The van der Waals surface area contributed by atoms with Crippen molar-refractivity contribution >= 4 is 6.09 Å². The van der Waals surface area contributed by atoms with Crippen molar-refractivity contribution in [2.45, 2.75) is 53.1 Å². The van der Waals surface area contributed by atoms with Gasteiger partial charge in [0, 0.05) is 13.6 Å². The Kier molecular flexibility index (Phi) is 8.00. The molecule has 0 fully saturated rings. The van der Waals surface area contributed by atoms with Gasteiger partial charge in [0.05, 0.1) is 0 Å². The maximum atomic E-state index is 11.7. The SMILES string of the molecule is CCC(C)CNCCCN(C)C(=O)OC(C)(C)C. The van der Waals surface area contributed by atoms with Crippen LogP contribution in [0.2, 0.25) is 0 Å². The monoisotopic (exact) mass is 258 g/mol. The van der Waals surface area contributed by atoms with Crippen LogP contribution in [0.4, 0.5) is 4.79 Å². The number of carbonyl (C=O) groups is 1. The van der Waals surface area contributed by atoms with Gasteiger partial charge in [0.15, 0.2) is 0 Å². The molecule has 0 bridgehead atoms. The number of nitrogens with one attached hydrogen (secondary N) is 1. The van der Waals surface area contributed by atoms with Gasteiger partial charge in [0.25, 0.3) is 0 Å². The summed E-state index contributed by atoms with van der Waals surface area (Å²) >= 11 is 0. The molecule has 0 aliphatic carbocycles. The third-order valence-corrected chi connectivity index (χ3v) is 2.74. The largest absolute Gasteiger partial charge is 0.444 e. The molecule has 0 aromatic carbocycles. The fraction of sp³-hybridized carbons (Fsp3) is 0.929. The van der Waals surface area contributed by atoms with Gasteiger partial charge in [0.1, 0.15) is 5.60 Å². The fourth-order valence-electron chi connectivity index (χ4n) is 1.37. The second kappa shape index (κ2) is 8.35. The van der Waals surface area contributed by atoms with E-state index in [2.05, 4.69) is 19.2 Å². The van der Waals surface area contributed by atoms with Crippen molar-refractivity contribution in [3.63, 3.8) is 0 Å². The van der Waals surface area contributed by atoms with Gasteiger partial charge in [0.2, 0.25) is 0 Å². The Hall–Kier alpha value is -0.770. The molecule has 0 radical (unpaired) electrons. The predicted octanol–water partition coefficient (Wildman–Crippen LogP) is 2.88. The lowest BCUT2D eigenvalue weighted by atomic mass is 10.1. The molecule has 1 amide bonds. The molecule has 4 heteroatoms. The van der Waals surface area contributed by atoms with Crippen LogP contribution in [-0.4, -0.2) is 43.3 Å². The minimum Gasteiger partial charge on any atom is -0.444 e. The minimum absolute atomic E-state index is 0.246. The normalized spacial score (nSPS) is 13.2. The molecule has 1 atom stereocenters. The second-order valence-corrected chi connectivity index (χ2v) is 5.97. The van der Waals surface area contributed by atoms with E-state index in [-0.39, 0.29) is 6.09 Å². The predicted molar refractivity (Wildman–Crippen MR) is 75.8 cm³/mol. The highest BCUT2D eigenvalue weighted by molar-refractivity contribution is 5.67. The average molecular weight is 258 g/mol. The average Bonchev–Trinajstić information content (AvgIpc) is 2.25. The smallest absolute Gasteiger partial charge is 0.410 e. The van der Waals surface area contributed by atoms with Crippen LogP contribution in [0.15, 0.2) is 0 Å². The highest BCUT2D eigenvalue weighted by Crippen LogP contribution is 2.09. The summed E-state index contributed by atoms with van der Waals surface area (Å²) in [6.07, 6.45) is 1.90. The zero-order valence-corrected chi connectivity index (χ0v) is 12.9. The number of hydrogen-bond acceptors (Lipinski definition) is 3. The van der Waals surface area contributed by atoms with E-state index in [9.17, 15) is 4.79 Å². The number of nitrogens with zero attached hydrogens (tertiary/aromatic N) is 1. The number of rotatable bonds is 7. The van der Waals surface area contributed by atoms with E-state index in [1.54, 1.807) is 11.9 Å². The molecule has 0 aliphatic rings. The number of hydrogen-bond donors (Lipinski definition) is 1. The lowest BCUT2D eigenvalue weighted by Crippen LogP contribution is -2.35. The number of ether oxygens (including phenoxy) is 1. The van der Waals surface area contributed by atoms with Crippen molar-refractivity contribution in [1.29, 1.82) is 0 Å². The molecule has 108 valence electrons. The first kappa shape index (κ1) is 17.2. The Morgan fingerprint density at radius 3 is 2.50 bits per heavy atom. The highest BCUT2D eigenvalue weighted by Gasteiger charge is 2.18. The van der Waals surface area contributed by atoms with E-state index < -0.39 is 5.60 Å². The Morgan fingerprint density at radius 2 is 2.00 bits per heavy atom. The molecule has 0 saturated heterocycles. The molecule has 0 aromatic rings. The second-order valence-electron chi connectivity index (χ2n) is 5.97. The van der Waals surface area contributed by atoms with Crippen LogP contribution in [-0.2, 0) is 4.74 Å². The standard InChI is InChI=1S/C14H30N2O2/c1-7-12(2)11-15-9-8-10-16(6)13(17)18-14(3,4)5/h12,15H,7-11H2,1-6H3. The third kappa shape index (κ3) is 9.28. The van der Waals surface area contributed by atoms with Gasteiger partial charge in [-0.2, -0.15) is 0 Å². The zero-order valence-electron chi connectivity index (χ0n) is 12.9. The van der Waals surface area contributed by atoms with Gasteiger partial charge >= 0.3 is 6.09 Å². The van der Waals surface area contributed by atoms with Crippen molar-refractivity contribution in [3.8, 4) is 0 Å². The first-order valence-corrected chi connectivity index (χ1v) is 6.91. The van der Waals surface area contributed by atoms with Crippen LogP contribution in [0.3, 0.4) is 0 Å². The maximum absolute atomic E-state index is 11.7. The Balaban J connectivity index is 3.64. The molecule has 18 heavy (non-hydrogen) atoms. The molecule has 1 N–H and O–H groups in total. The Bertz CT molecular complexity index is 236. The summed E-state index contributed by atoms with van der Waals surface area (Å²) in [6, 6.07) is 0. The van der Waals surface area contributed by atoms with Crippen LogP contribution in [0, 0.1) is 5.92 Å². The molecule has 0 spiro atoms. The van der Waals surface area contributed by atoms with Crippen molar-refractivity contribution < 1.29 is 9.53 Å². The van der Waals surface area contributed by atoms with Gasteiger partial charge < -0.3 is 15.0 Å². The summed E-state index contributed by atoms with van der Waals surface area (Å²) in [5.74, 6) is 0.716. The summed E-state index contributed by atoms with van der Waals surface area (Å²) in [5.41, 5.74) is -0.417. The lowest BCUT2D eigenvalue weighted by Gasteiger charge is -2.24. The van der Waals surface area contributed by atoms with Gasteiger partial charge in [-0.1, -0.05) is 20.3 Å². The third-order valence-electron chi connectivity index (χ3n) is 2.74. The van der Waals surface area contributed by atoms with Crippen LogP contribution in [0.1, 0.15) is 47.5 Å². The van der Waals surface area contributed by atoms with E-state index >= 15 is 0 Å². The zero-order chi connectivity index (χ0) is 14.2. The van der Waals surface area contributed by atoms with E-state index in [1.165, 1.54) is 6.42 Å². The number of amides is 1. The summed E-state index contributed by atoms with van der Waals surface area (Å²) in [5, 5.41) is 3.40. The fourth-order valence-corrected chi connectivity index (χ4v) is 1.37. The first-order chi connectivity index (χ1) is 8.26. The lowest BCUT2D eigenvalue weighted by molar-refractivity contribution is 0.0297. The number of carbonyl (C=O) groups excluding carboxylic acids is 1. The van der Waals surface area contributed by atoms with E-state index in [1.807, 2.05) is 20.8 Å². The molecular weight excluding hydrogens is 228 g/mol. The first-order valence-electron chi connectivity index (χ1n) is 6.91. The Morgan fingerprint density at radius 1 is 1.39 bits per heavy atom. The summed E-state index contributed by atoms with van der Waals surface area (Å²) in [4.78, 5) is 13.3. The van der Waals surface area contributed by atoms with E-state index in [4.69, 9.17) is 4.74 Å². The van der Waals surface area contributed by atoms with E-state index in [0.29, 0.717) is 5.92 Å². The topological polar surface area (TPSA) is 41.6 Å². The van der Waals surface area contributed by atoms with E-state index in [0.717, 1.165) is 26.1 Å². The van der Waals surface area contributed by atoms with Crippen molar-refractivity contribution in [2.75, 3.05) is 26.7 Å².